The molecule has 0 unspecified atom stereocenters. The first-order chi connectivity index (χ1) is 7.04. The molecule has 0 spiro atoms. The minimum absolute atomic E-state index is 0.0620. The molecule has 1 aromatic carbocycles. The highest BCUT2D eigenvalue weighted by molar-refractivity contribution is 7.80. The molecule has 0 radical (unpaired) electrons. The van der Waals surface area contributed by atoms with Crippen molar-refractivity contribution in [1.82, 2.24) is 0 Å². The summed E-state index contributed by atoms with van der Waals surface area (Å²) >= 11 is 0. The van der Waals surface area contributed by atoms with Crippen LogP contribution in [-0.2, 0) is 21.0 Å². The fourth-order valence-electron chi connectivity index (χ4n) is 1.64. The Kier molecular flexibility index (Phi) is 2.64. The van der Waals surface area contributed by atoms with Crippen molar-refractivity contribution in [3.63, 3.8) is 0 Å². The molecular formula is C9H11NO4S. The van der Waals surface area contributed by atoms with Gasteiger partial charge in [0.15, 0.2) is 0 Å². The van der Waals surface area contributed by atoms with Crippen LogP contribution in [0.3, 0.4) is 0 Å². The number of hydrogen-bond acceptors (Lipinski definition) is 4. The molecule has 2 rings (SSSR count). The first-order valence-corrected chi connectivity index (χ1v) is 5.87. The Morgan fingerprint density at radius 3 is 2.87 bits per heavy atom. The molecule has 82 valence electrons. The summed E-state index contributed by atoms with van der Waals surface area (Å²) in [6.45, 7) is -0.0620. The minimum Gasteiger partial charge on any atom is -0.379 e. The molecule has 0 saturated carbocycles. The van der Waals surface area contributed by atoms with Crippen molar-refractivity contribution in [1.29, 1.82) is 0 Å². The zero-order valence-electron chi connectivity index (χ0n) is 7.88. The quantitative estimate of drug-likeness (QED) is 0.751. The van der Waals surface area contributed by atoms with E-state index in [0.717, 1.165) is 11.3 Å². The molecule has 0 bridgehead atoms. The van der Waals surface area contributed by atoms with Crippen LogP contribution in [0.2, 0.25) is 0 Å². The maximum absolute atomic E-state index is 10.4. The minimum atomic E-state index is -4.34. The Bertz CT molecular complexity index is 432. The molecule has 1 atom stereocenters. The van der Waals surface area contributed by atoms with E-state index < -0.39 is 10.4 Å². The predicted molar refractivity (Wildman–Crippen MR) is 55.1 cm³/mol. The molecule has 15 heavy (non-hydrogen) atoms. The molecule has 6 heteroatoms. The zero-order chi connectivity index (χ0) is 10.9. The zero-order valence-corrected chi connectivity index (χ0v) is 8.70. The monoisotopic (exact) mass is 229 g/mol. The summed E-state index contributed by atoms with van der Waals surface area (Å²) in [5, 5.41) is 3.11. The molecule has 0 saturated heterocycles. The van der Waals surface area contributed by atoms with Gasteiger partial charge in [-0.25, -0.2) is 4.18 Å². The molecule has 1 aliphatic heterocycles. The number of rotatable bonds is 3. The normalized spacial score (nSPS) is 19.7. The maximum atomic E-state index is 10.4. The van der Waals surface area contributed by atoms with Crippen molar-refractivity contribution < 1.29 is 17.2 Å². The van der Waals surface area contributed by atoms with Crippen LogP contribution in [0.4, 0.5) is 5.69 Å². The smallest absolute Gasteiger partial charge is 0.379 e. The van der Waals surface area contributed by atoms with Crippen LogP contribution in [0.25, 0.3) is 0 Å². The predicted octanol–water partition coefficient (Wildman–Crippen LogP) is 0.843. The van der Waals surface area contributed by atoms with Crippen molar-refractivity contribution in [2.24, 2.45) is 0 Å². The lowest BCUT2D eigenvalue weighted by molar-refractivity contribution is 0.257. The number of hydrogen-bond donors (Lipinski definition) is 2. The van der Waals surface area contributed by atoms with Gasteiger partial charge in [-0.3, -0.25) is 4.55 Å². The Morgan fingerprint density at radius 2 is 2.20 bits per heavy atom. The van der Waals surface area contributed by atoms with E-state index >= 15 is 0 Å². The summed E-state index contributed by atoms with van der Waals surface area (Å²) < 4.78 is 33.5. The van der Waals surface area contributed by atoms with Gasteiger partial charge >= 0.3 is 10.4 Å². The van der Waals surface area contributed by atoms with Crippen LogP contribution in [0.15, 0.2) is 24.3 Å². The van der Waals surface area contributed by atoms with E-state index in [2.05, 4.69) is 9.50 Å². The fourth-order valence-corrected chi connectivity index (χ4v) is 1.98. The number of anilines is 1. The van der Waals surface area contributed by atoms with Crippen LogP contribution < -0.4 is 5.32 Å². The van der Waals surface area contributed by atoms with Gasteiger partial charge in [0.25, 0.3) is 0 Å². The lowest BCUT2D eigenvalue weighted by atomic mass is 10.1. The Hall–Kier alpha value is -1.11. The van der Waals surface area contributed by atoms with Gasteiger partial charge in [0.2, 0.25) is 0 Å². The Morgan fingerprint density at radius 1 is 1.47 bits per heavy atom. The van der Waals surface area contributed by atoms with Gasteiger partial charge in [0, 0.05) is 5.69 Å². The molecule has 0 aliphatic carbocycles. The topological polar surface area (TPSA) is 75.6 Å². The largest absolute Gasteiger partial charge is 0.397 e. The average molecular weight is 229 g/mol. The third kappa shape index (κ3) is 2.68. The van der Waals surface area contributed by atoms with E-state index in [4.69, 9.17) is 4.55 Å². The van der Waals surface area contributed by atoms with Crippen molar-refractivity contribution in [3.05, 3.63) is 29.8 Å². The van der Waals surface area contributed by atoms with Crippen LogP contribution in [0.5, 0.6) is 0 Å². The third-order valence-electron chi connectivity index (χ3n) is 2.26. The van der Waals surface area contributed by atoms with E-state index in [1.54, 1.807) is 0 Å². The van der Waals surface area contributed by atoms with Crippen molar-refractivity contribution in [3.8, 4) is 0 Å². The van der Waals surface area contributed by atoms with Crippen molar-refractivity contribution in [2.45, 2.75) is 12.5 Å². The standard InChI is InChI=1S/C9H11NO4S/c11-15(12,13)14-6-8-5-7-3-1-2-4-9(7)10-8/h1-4,8,10H,5-6H2,(H,11,12,13)/t8-/m0/s1. The van der Waals surface area contributed by atoms with Gasteiger partial charge in [-0.05, 0) is 18.1 Å². The van der Waals surface area contributed by atoms with Gasteiger partial charge < -0.3 is 5.32 Å². The molecule has 0 fully saturated rings. The van der Waals surface area contributed by atoms with Gasteiger partial charge in [0.1, 0.15) is 0 Å². The molecule has 0 aromatic heterocycles. The number of benzene rings is 1. The van der Waals surface area contributed by atoms with Crippen LogP contribution >= 0.6 is 0 Å². The van der Waals surface area contributed by atoms with Crippen molar-refractivity contribution >= 4 is 16.1 Å². The summed E-state index contributed by atoms with van der Waals surface area (Å²) in [6, 6.07) is 7.60. The van der Waals surface area contributed by atoms with E-state index in [9.17, 15) is 8.42 Å². The van der Waals surface area contributed by atoms with Gasteiger partial charge in [0.05, 0.1) is 12.6 Å². The molecule has 0 amide bonds. The highest BCUT2D eigenvalue weighted by atomic mass is 32.3. The second-order valence-corrected chi connectivity index (χ2v) is 4.51. The van der Waals surface area contributed by atoms with Crippen LogP contribution in [0.1, 0.15) is 5.56 Å². The second kappa shape index (κ2) is 3.80. The van der Waals surface area contributed by atoms with Crippen LogP contribution in [-0.4, -0.2) is 25.6 Å². The Balaban J connectivity index is 1.96. The average Bonchev–Trinajstić information content (AvgIpc) is 2.56. The fraction of sp³-hybridized carbons (Fsp3) is 0.333. The van der Waals surface area contributed by atoms with Crippen molar-refractivity contribution in [2.75, 3.05) is 11.9 Å². The van der Waals surface area contributed by atoms with Gasteiger partial charge in [-0.15, -0.1) is 0 Å². The van der Waals surface area contributed by atoms with Gasteiger partial charge in [-0.1, -0.05) is 18.2 Å². The van der Waals surface area contributed by atoms with E-state index in [0.29, 0.717) is 6.42 Å². The summed E-state index contributed by atoms with van der Waals surface area (Å²) in [4.78, 5) is 0. The summed E-state index contributed by atoms with van der Waals surface area (Å²) in [6.07, 6.45) is 0.700. The van der Waals surface area contributed by atoms with Gasteiger partial charge in [-0.2, -0.15) is 8.42 Å². The highest BCUT2D eigenvalue weighted by Crippen LogP contribution is 2.25. The first-order valence-electron chi connectivity index (χ1n) is 4.51. The Labute approximate surface area is 88.0 Å². The lowest BCUT2D eigenvalue weighted by Crippen LogP contribution is -2.24. The molecule has 1 heterocycles. The first kappa shape index (κ1) is 10.4. The number of fused-ring (bicyclic) bond motifs is 1. The summed E-state index contributed by atoms with van der Waals surface area (Å²) in [5.74, 6) is 0. The third-order valence-corrected chi connectivity index (χ3v) is 2.70. The number of para-hydroxylation sites is 1. The molecular weight excluding hydrogens is 218 g/mol. The number of nitrogens with one attached hydrogen (secondary N) is 1. The highest BCUT2D eigenvalue weighted by Gasteiger charge is 2.21. The molecule has 1 aliphatic rings. The molecule has 1 aromatic rings. The SMILES string of the molecule is O=S(=O)(O)OC[C@@H]1Cc2ccccc2N1. The lowest BCUT2D eigenvalue weighted by Gasteiger charge is -2.09. The molecule has 2 N–H and O–H groups in total. The van der Waals surface area contributed by atoms with E-state index in [1.165, 1.54) is 0 Å². The van der Waals surface area contributed by atoms with E-state index in [-0.39, 0.29) is 12.6 Å². The van der Waals surface area contributed by atoms with Crippen LogP contribution in [0, 0.1) is 0 Å². The summed E-state index contributed by atoms with van der Waals surface area (Å²) in [5.41, 5.74) is 2.11. The summed E-state index contributed by atoms with van der Waals surface area (Å²) in [7, 11) is -4.34. The second-order valence-electron chi connectivity index (χ2n) is 3.41. The van der Waals surface area contributed by atoms with E-state index in [1.807, 2.05) is 24.3 Å². The maximum Gasteiger partial charge on any atom is 0.397 e. The molecule has 5 nitrogen and oxygen atoms in total.